The molecule has 5 aromatic heterocycles. The summed E-state index contributed by atoms with van der Waals surface area (Å²) in [6.45, 7) is 7.95. The van der Waals surface area contributed by atoms with Crippen molar-refractivity contribution >= 4 is 57.1 Å². The Morgan fingerprint density at radius 3 is 2.30 bits per heavy atom. The standard InChI is InChI=1S/C46H55N17O3/c1-28(64)63-17-10-31(11-18-63)54-43-41-42(51-27-52-43)46(59-57-41)60(2)22-33(66)24-62-15-9-29-5-3-8-36(37(29)25-62)35-7-4-6-30-21-61(16-12-34(30)35)23-32(65)19-49-45-39-40(56-58-45)44(53-26-50-39)55-38-20-47-13-14-48-38/h3-8,13-14,20,26-27,31-33,65-66H,9-12,15-19,21-25H2,1-2H3,(H,57,59)(H2,49,56,58)(H,51,52,54)(H,48,50,53,55)/t32-,33+/m1/s1. The lowest BCUT2D eigenvalue weighted by molar-refractivity contribution is -0.129. The van der Waals surface area contributed by atoms with Gasteiger partial charge in [0.15, 0.2) is 23.3 Å². The van der Waals surface area contributed by atoms with Crippen molar-refractivity contribution in [3.05, 3.63) is 89.9 Å². The molecule has 0 saturated carbocycles. The average molecular weight is 894 g/mol. The first-order valence-corrected chi connectivity index (χ1v) is 22.6. The van der Waals surface area contributed by atoms with Gasteiger partial charge in [0.05, 0.1) is 18.4 Å². The molecule has 2 aromatic carbocycles. The van der Waals surface area contributed by atoms with Crippen LogP contribution in [-0.2, 0) is 30.7 Å². The first-order valence-electron chi connectivity index (χ1n) is 22.6. The molecular formula is C46H55N17O3. The lowest BCUT2D eigenvalue weighted by Gasteiger charge is -2.34. The lowest BCUT2D eigenvalue weighted by Crippen LogP contribution is -2.41. The van der Waals surface area contributed by atoms with Gasteiger partial charge in [-0.15, -0.1) is 0 Å². The summed E-state index contributed by atoms with van der Waals surface area (Å²) in [7, 11) is 1.93. The number of benzene rings is 2. The van der Waals surface area contributed by atoms with Gasteiger partial charge in [-0.05, 0) is 59.1 Å². The molecular weight excluding hydrogens is 839 g/mol. The molecule has 1 fully saturated rings. The van der Waals surface area contributed by atoms with Crippen LogP contribution in [0.25, 0.3) is 33.2 Å². The number of amides is 1. The summed E-state index contributed by atoms with van der Waals surface area (Å²) in [5.41, 5.74) is 10.5. The summed E-state index contributed by atoms with van der Waals surface area (Å²) in [6, 6.07) is 13.4. The number of aliphatic hydroxyl groups excluding tert-OH is 2. The van der Waals surface area contributed by atoms with Gasteiger partial charge in [0.25, 0.3) is 0 Å². The Kier molecular flexibility index (Phi) is 12.3. The number of aliphatic hydroxyl groups is 2. The zero-order valence-corrected chi connectivity index (χ0v) is 37.2. The van der Waals surface area contributed by atoms with E-state index in [0.717, 1.165) is 70.5 Å². The minimum absolute atomic E-state index is 0.109. The SMILES string of the molecule is CC(=O)N1CCC(Nc2ncnc3c(N(C)C[C@H](O)CN4CCc5cccc(-c6cccc7c6CCN(C[C@H](O)CNc6n[nH]c8c(Nc9cnccn9)ncnc68)C7)c5C4)n[nH]c23)CC1. The molecule has 2 atom stereocenters. The molecule has 342 valence electrons. The largest absolute Gasteiger partial charge is 0.390 e. The maximum atomic E-state index is 11.8. The highest BCUT2D eigenvalue weighted by molar-refractivity contribution is 5.94. The van der Waals surface area contributed by atoms with E-state index < -0.39 is 12.2 Å². The molecule has 0 bridgehead atoms. The maximum absolute atomic E-state index is 11.8. The Morgan fingerprint density at radius 2 is 1.50 bits per heavy atom. The third-order valence-electron chi connectivity index (χ3n) is 13.1. The molecule has 20 nitrogen and oxygen atoms in total. The van der Waals surface area contributed by atoms with Crippen molar-refractivity contribution in [2.24, 2.45) is 0 Å². The van der Waals surface area contributed by atoms with E-state index in [1.165, 1.54) is 39.7 Å². The Hall–Kier alpha value is -6.87. The number of likely N-dealkylation sites (N-methyl/N-ethyl adjacent to an activating group) is 1. The van der Waals surface area contributed by atoms with Gasteiger partial charge < -0.3 is 36.0 Å². The predicted octanol–water partition coefficient (Wildman–Crippen LogP) is 3.33. The van der Waals surface area contributed by atoms with Crippen LogP contribution in [0.4, 0.5) is 29.1 Å². The van der Waals surface area contributed by atoms with Gasteiger partial charge in [-0.2, -0.15) is 10.2 Å². The number of carbonyl (C=O) groups excluding carboxylic acids is 1. The second-order valence-corrected chi connectivity index (χ2v) is 17.6. The summed E-state index contributed by atoms with van der Waals surface area (Å²) >= 11 is 0. The van der Waals surface area contributed by atoms with E-state index in [1.807, 2.05) is 16.8 Å². The van der Waals surface area contributed by atoms with E-state index in [4.69, 9.17) is 0 Å². The summed E-state index contributed by atoms with van der Waals surface area (Å²) < 4.78 is 0. The van der Waals surface area contributed by atoms with Crippen molar-refractivity contribution in [3.8, 4) is 11.1 Å². The van der Waals surface area contributed by atoms with Gasteiger partial charge in [0.1, 0.15) is 40.5 Å². The number of fused-ring (bicyclic) bond motifs is 4. The lowest BCUT2D eigenvalue weighted by atomic mass is 9.85. The first kappa shape index (κ1) is 43.0. The van der Waals surface area contributed by atoms with Crippen LogP contribution < -0.4 is 20.9 Å². The zero-order valence-electron chi connectivity index (χ0n) is 37.2. The molecule has 1 saturated heterocycles. The van der Waals surface area contributed by atoms with Gasteiger partial charge in [0, 0.05) is 97.9 Å². The third-order valence-corrected chi connectivity index (χ3v) is 13.1. The highest BCUT2D eigenvalue weighted by Gasteiger charge is 2.28. The normalized spacial score (nSPS) is 16.8. The van der Waals surface area contributed by atoms with Crippen molar-refractivity contribution in [1.29, 1.82) is 0 Å². The van der Waals surface area contributed by atoms with Crippen LogP contribution in [-0.4, -0.2) is 159 Å². The van der Waals surface area contributed by atoms with Crippen molar-refractivity contribution in [2.75, 3.05) is 80.3 Å². The molecule has 20 heteroatoms. The maximum Gasteiger partial charge on any atom is 0.219 e. The number of aromatic amines is 2. The number of rotatable bonds is 15. The van der Waals surface area contributed by atoms with Crippen molar-refractivity contribution in [3.63, 3.8) is 0 Å². The Morgan fingerprint density at radius 1 is 0.788 bits per heavy atom. The first-order chi connectivity index (χ1) is 32.2. The quantitative estimate of drug-likeness (QED) is 0.0781. The average Bonchev–Trinajstić information content (AvgIpc) is 3.97. The van der Waals surface area contributed by atoms with E-state index in [9.17, 15) is 15.0 Å². The molecule has 7 aromatic rings. The fourth-order valence-electron chi connectivity index (χ4n) is 9.73. The molecule has 7 N–H and O–H groups in total. The number of hydrogen-bond acceptors (Lipinski definition) is 17. The van der Waals surface area contributed by atoms with Crippen LogP contribution in [0, 0.1) is 0 Å². The van der Waals surface area contributed by atoms with Crippen LogP contribution in [0.15, 0.2) is 67.6 Å². The van der Waals surface area contributed by atoms with Gasteiger partial charge in [-0.3, -0.25) is 29.8 Å². The molecule has 0 unspecified atom stereocenters. The number of β-amino-alcohol motifs (C(OH)–C–C–N with tert-alkyl or cyclic N) is 2. The smallest absolute Gasteiger partial charge is 0.219 e. The van der Waals surface area contributed by atoms with Crippen LogP contribution >= 0.6 is 0 Å². The van der Waals surface area contributed by atoms with E-state index >= 15 is 0 Å². The fourth-order valence-corrected chi connectivity index (χ4v) is 9.73. The van der Waals surface area contributed by atoms with Crippen molar-refractivity contribution < 1.29 is 15.0 Å². The Labute approximate surface area is 381 Å². The number of nitrogens with one attached hydrogen (secondary N) is 5. The number of aromatic nitrogens is 10. The minimum Gasteiger partial charge on any atom is -0.390 e. The Balaban J connectivity index is 0.747. The number of carbonyl (C=O) groups is 1. The molecule has 0 radical (unpaired) electrons. The van der Waals surface area contributed by atoms with E-state index in [0.29, 0.717) is 71.8 Å². The minimum atomic E-state index is -0.639. The molecule has 0 aliphatic carbocycles. The molecule has 66 heavy (non-hydrogen) atoms. The second-order valence-electron chi connectivity index (χ2n) is 17.6. The number of H-pyrrole nitrogens is 2. The summed E-state index contributed by atoms with van der Waals surface area (Å²) in [5.74, 6) is 3.08. The molecule has 0 spiro atoms. The number of likely N-dealkylation sites (tertiary alicyclic amines) is 1. The summed E-state index contributed by atoms with van der Waals surface area (Å²) in [5, 5.41) is 47.8. The molecule has 10 rings (SSSR count). The van der Waals surface area contributed by atoms with E-state index in [1.54, 1.807) is 31.8 Å². The van der Waals surface area contributed by atoms with E-state index in [-0.39, 0.29) is 11.9 Å². The second kappa shape index (κ2) is 18.9. The monoisotopic (exact) mass is 893 g/mol. The summed E-state index contributed by atoms with van der Waals surface area (Å²) in [4.78, 5) is 46.5. The van der Waals surface area contributed by atoms with E-state index in [2.05, 4.69) is 112 Å². The molecule has 8 heterocycles. The van der Waals surface area contributed by atoms with Gasteiger partial charge in [0.2, 0.25) is 5.91 Å². The highest BCUT2D eigenvalue weighted by Crippen LogP contribution is 2.36. The van der Waals surface area contributed by atoms with Crippen LogP contribution in [0.2, 0.25) is 0 Å². The number of anilines is 5. The fraction of sp³-hybridized carbons (Fsp3) is 0.413. The number of hydrogen-bond donors (Lipinski definition) is 7. The van der Waals surface area contributed by atoms with Crippen molar-refractivity contribution in [2.45, 2.75) is 63.9 Å². The molecule has 1 amide bonds. The number of piperidine rings is 1. The van der Waals surface area contributed by atoms with Gasteiger partial charge in [-0.1, -0.05) is 36.4 Å². The highest BCUT2D eigenvalue weighted by atomic mass is 16.3. The zero-order chi connectivity index (χ0) is 45.1. The van der Waals surface area contributed by atoms with Gasteiger partial charge >= 0.3 is 0 Å². The third kappa shape index (κ3) is 9.17. The molecule has 3 aliphatic heterocycles. The molecule has 3 aliphatic rings. The topological polar surface area (TPSA) is 241 Å². The van der Waals surface area contributed by atoms with Gasteiger partial charge in [-0.25, -0.2) is 24.9 Å². The summed E-state index contributed by atoms with van der Waals surface area (Å²) in [6.07, 6.45) is 10.0. The van der Waals surface area contributed by atoms with Crippen LogP contribution in [0.1, 0.15) is 42.0 Å². The van der Waals surface area contributed by atoms with Crippen LogP contribution in [0.5, 0.6) is 0 Å². The Bertz CT molecular complexity index is 2810. The van der Waals surface area contributed by atoms with Crippen LogP contribution in [0.3, 0.4) is 0 Å². The predicted molar refractivity (Wildman–Crippen MR) is 251 cm³/mol. The van der Waals surface area contributed by atoms with Crippen molar-refractivity contribution in [1.82, 2.24) is 65.0 Å². The number of nitrogens with zero attached hydrogens (tertiary/aromatic N) is 12.